The van der Waals surface area contributed by atoms with Crippen LogP contribution in [0.2, 0.25) is 0 Å². The number of hydrogen-bond donors (Lipinski definition) is 3. The number of aromatic amines is 1. The lowest BCUT2D eigenvalue weighted by molar-refractivity contribution is -0.120. The Hall–Kier alpha value is -2.96. The smallest absolute Gasteiger partial charge is 0.260 e. The Labute approximate surface area is 170 Å². The van der Waals surface area contributed by atoms with Crippen molar-refractivity contribution < 1.29 is 9.59 Å². The molecule has 0 radical (unpaired) electrons. The molecule has 0 bridgehead atoms. The van der Waals surface area contributed by atoms with E-state index >= 15 is 0 Å². The summed E-state index contributed by atoms with van der Waals surface area (Å²) in [5.74, 6) is 0.290. The van der Waals surface area contributed by atoms with E-state index in [-0.39, 0.29) is 29.0 Å². The summed E-state index contributed by atoms with van der Waals surface area (Å²) < 4.78 is 0. The second-order valence-electron chi connectivity index (χ2n) is 7.81. The van der Waals surface area contributed by atoms with Crippen molar-refractivity contribution in [3.8, 4) is 0 Å². The van der Waals surface area contributed by atoms with Gasteiger partial charge in [0.05, 0.1) is 11.7 Å². The Kier molecular flexibility index (Phi) is 6.80. The van der Waals surface area contributed by atoms with Crippen molar-refractivity contribution >= 4 is 11.8 Å². The SMILES string of the molecule is CC(=O)N[C@H](c1ccccn1)C1CCC(CNC(=O)c2ccc(C)[nH]c2=O)CC1. The van der Waals surface area contributed by atoms with Crippen LogP contribution in [0.4, 0.5) is 0 Å². The Balaban J connectivity index is 1.54. The maximum atomic E-state index is 12.3. The van der Waals surface area contributed by atoms with Gasteiger partial charge in [-0.2, -0.15) is 0 Å². The zero-order valence-electron chi connectivity index (χ0n) is 16.9. The van der Waals surface area contributed by atoms with Gasteiger partial charge in [0.15, 0.2) is 0 Å². The molecule has 1 aliphatic rings. The van der Waals surface area contributed by atoms with Gasteiger partial charge in [-0.25, -0.2) is 0 Å². The molecule has 0 spiro atoms. The number of aryl methyl sites for hydroxylation is 1. The van der Waals surface area contributed by atoms with Crippen molar-refractivity contribution in [2.24, 2.45) is 11.8 Å². The van der Waals surface area contributed by atoms with Crippen LogP contribution in [0, 0.1) is 18.8 Å². The van der Waals surface area contributed by atoms with E-state index in [1.54, 1.807) is 25.3 Å². The Bertz CT molecular complexity index is 902. The highest BCUT2D eigenvalue weighted by atomic mass is 16.2. The predicted molar refractivity (Wildman–Crippen MR) is 110 cm³/mol. The van der Waals surface area contributed by atoms with Crippen molar-refractivity contribution in [1.29, 1.82) is 0 Å². The maximum absolute atomic E-state index is 12.3. The van der Waals surface area contributed by atoms with Gasteiger partial charge in [0.1, 0.15) is 5.56 Å². The van der Waals surface area contributed by atoms with E-state index in [0.29, 0.717) is 18.4 Å². The summed E-state index contributed by atoms with van der Waals surface area (Å²) in [7, 11) is 0. The molecule has 154 valence electrons. The predicted octanol–water partition coefficient (Wildman–Crippen LogP) is 2.49. The zero-order chi connectivity index (χ0) is 20.8. The minimum Gasteiger partial charge on any atom is -0.352 e. The molecule has 0 unspecified atom stereocenters. The number of pyridine rings is 2. The average Bonchev–Trinajstić information content (AvgIpc) is 2.71. The van der Waals surface area contributed by atoms with Crippen LogP contribution < -0.4 is 16.2 Å². The van der Waals surface area contributed by atoms with Crippen molar-refractivity contribution in [3.63, 3.8) is 0 Å². The summed E-state index contributed by atoms with van der Waals surface area (Å²) in [4.78, 5) is 43.0. The number of carbonyl (C=O) groups is 2. The fraction of sp³-hybridized carbons (Fsp3) is 0.455. The first-order chi connectivity index (χ1) is 13.9. The number of aromatic nitrogens is 2. The number of nitrogens with one attached hydrogen (secondary N) is 3. The van der Waals surface area contributed by atoms with Crippen molar-refractivity contribution in [2.75, 3.05) is 6.54 Å². The molecule has 7 heteroatoms. The molecule has 0 saturated heterocycles. The second kappa shape index (κ2) is 9.49. The topological polar surface area (TPSA) is 104 Å². The molecule has 29 heavy (non-hydrogen) atoms. The molecule has 1 atom stereocenters. The van der Waals surface area contributed by atoms with Crippen molar-refractivity contribution in [2.45, 2.75) is 45.6 Å². The molecule has 1 fully saturated rings. The van der Waals surface area contributed by atoms with Crippen molar-refractivity contribution in [1.82, 2.24) is 20.6 Å². The van der Waals surface area contributed by atoms with Gasteiger partial charge in [-0.3, -0.25) is 19.4 Å². The quantitative estimate of drug-likeness (QED) is 0.698. The fourth-order valence-corrected chi connectivity index (χ4v) is 4.02. The summed E-state index contributed by atoms with van der Waals surface area (Å²) >= 11 is 0. The molecule has 2 aromatic rings. The van der Waals surface area contributed by atoms with Crippen LogP contribution in [-0.2, 0) is 4.79 Å². The molecule has 0 aliphatic heterocycles. The van der Waals surface area contributed by atoms with Gasteiger partial charge in [0.25, 0.3) is 11.5 Å². The third kappa shape index (κ3) is 5.53. The molecule has 7 nitrogen and oxygen atoms in total. The van der Waals surface area contributed by atoms with E-state index in [1.807, 2.05) is 18.2 Å². The van der Waals surface area contributed by atoms with Crippen LogP contribution in [0.3, 0.4) is 0 Å². The van der Waals surface area contributed by atoms with Gasteiger partial charge < -0.3 is 15.6 Å². The first-order valence-corrected chi connectivity index (χ1v) is 10.1. The van der Waals surface area contributed by atoms with Gasteiger partial charge in [-0.1, -0.05) is 6.07 Å². The Morgan fingerprint density at radius 1 is 1.17 bits per heavy atom. The fourth-order valence-electron chi connectivity index (χ4n) is 4.02. The zero-order valence-corrected chi connectivity index (χ0v) is 16.9. The molecule has 2 amide bonds. The highest BCUT2D eigenvalue weighted by molar-refractivity contribution is 5.93. The van der Waals surface area contributed by atoms with E-state index < -0.39 is 0 Å². The number of nitrogens with zero attached hydrogens (tertiary/aromatic N) is 1. The first-order valence-electron chi connectivity index (χ1n) is 10.1. The highest BCUT2D eigenvalue weighted by Crippen LogP contribution is 2.36. The maximum Gasteiger partial charge on any atom is 0.260 e. The molecule has 2 aromatic heterocycles. The lowest BCUT2D eigenvalue weighted by Crippen LogP contribution is -2.37. The lowest BCUT2D eigenvalue weighted by atomic mass is 9.77. The monoisotopic (exact) mass is 396 g/mol. The number of hydrogen-bond acceptors (Lipinski definition) is 4. The lowest BCUT2D eigenvalue weighted by Gasteiger charge is -2.34. The van der Waals surface area contributed by atoms with E-state index in [2.05, 4.69) is 20.6 Å². The normalized spacial score (nSPS) is 19.9. The van der Waals surface area contributed by atoms with Gasteiger partial charge in [-0.15, -0.1) is 0 Å². The largest absolute Gasteiger partial charge is 0.352 e. The van der Waals surface area contributed by atoms with Gasteiger partial charge in [0, 0.05) is 25.4 Å². The molecule has 0 aromatic carbocycles. The third-order valence-corrected chi connectivity index (χ3v) is 5.58. The first kappa shape index (κ1) is 20.8. The summed E-state index contributed by atoms with van der Waals surface area (Å²) in [6, 6.07) is 8.95. The van der Waals surface area contributed by atoms with E-state index in [0.717, 1.165) is 37.1 Å². The Morgan fingerprint density at radius 2 is 1.93 bits per heavy atom. The van der Waals surface area contributed by atoms with Crippen LogP contribution in [0.5, 0.6) is 0 Å². The molecule has 1 saturated carbocycles. The molecule has 2 heterocycles. The van der Waals surface area contributed by atoms with E-state index in [4.69, 9.17) is 0 Å². The van der Waals surface area contributed by atoms with Crippen LogP contribution >= 0.6 is 0 Å². The number of H-pyrrole nitrogens is 1. The average molecular weight is 396 g/mol. The summed E-state index contributed by atoms with van der Waals surface area (Å²) in [6.45, 7) is 3.86. The number of carbonyl (C=O) groups excluding carboxylic acids is 2. The molecule has 3 rings (SSSR count). The summed E-state index contributed by atoms with van der Waals surface area (Å²) in [5.41, 5.74) is 1.40. The minimum atomic E-state index is -0.361. The summed E-state index contributed by atoms with van der Waals surface area (Å²) in [5, 5.41) is 5.95. The van der Waals surface area contributed by atoms with Crippen LogP contribution in [0.15, 0.2) is 41.3 Å². The molecule has 1 aliphatic carbocycles. The standard InChI is InChI=1S/C22H28N4O3/c1-14-6-11-18(22(29)25-14)21(28)24-13-16-7-9-17(10-8-16)20(26-15(2)27)19-5-3-4-12-23-19/h3-6,11-12,16-17,20H,7-10,13H2,1-2H3,(H,24,28)(H,25,29)(H,26,27)/t16?,17?,20-/m0/s1. The van der Waals surface area contributed by atoms with E-state index in [1.165, 1.54) is 6.92 Å². The van der Waals surface area contributed by atoms with Crippen LogP contribution in [0.25, 0.3) is 0 Å². The van der Waals surface area contributed by atoms with Gasteiger partial charge >= 0.3 is 0 Å². The highest BCUT2D eigenvalue weighted by Gasteiger charge is 2.30. The molecular weight excluding hydrogens is 368 g/mol. The Morgan fingerprint density at radius 3 is 2.55 bits per heavy atom. The van der Waals surface area contributed by atoms with Crippen LogP contribution in [-0.4, -0.2) is 28.3 Å². The number of rotatable bonds is 6. The third-order valence-electron chi connectivity index (χ3n) is 5.58. The van der Waals surface area contributed by atoms with Crippen molar-refractivity contribution in [3.05, 3.63) is 63.8 Å². The van der Waals surface area contributed by atoms with Gasteiger partial charge in [-0.05, 0) is 68.7 Å². The molecule has 3 N–H and O–H groups in total. The van der Waals surface area contributed by atoms with Gasteiger partial charge in [0.2, 0.25) is 5.91 Å². The summed E-state index contributed by atoms with van der Waals surface area (Å²) in [6.07, 6.45) is 5.56. The van der Waals surface area contributed by atoms with E-state index in [9.17, 15) is 14.4 Å². The molecular formula is C22H28N4O3. The van der Waals surface area contributed by atoms with Crippen LogP contribution in [0.1, 0.15) is 60.4 Å². The second-order valence-corrected chi connectivity index (χ2v) is 7.81. The number of amides is 2. The minimum absolute atomic E-state index is 0.0571.